The smallest absolute Gasteiger partial charge is 0.309 e. The average Bonchev–Trinajstić information content (AvgIpc) is 3.43. The Morgan fingerprint density at radius 3 is 2.26 bits per heavy atom. The molecule has 5 aromatic rings. The fourth-order valence-electron chi connectivity index (χ4n) is 4.60. The molecule has 0 fully saturated rings. The van der Waals surface area contributed by atoms with Crippen molar-refractivity contribution in [3.63, 3.8) is 0 Å². The van der Waals surface area contributed by atoms with Crippen LogP contribution in [0.15, 0.2) is 96.2 Å². The summed E-state index contributed by atoms with van der Waals surface area (Å²) in [4.78, 5) is 43.4. The second-order valence-electron chi connectivity index (χ2n) is 9.58. The largest absolute Gasteiger partial charge is 0.469 e. The number of ether oxygens (including phenoxy) is 1. The molecule has 0 saturated carbocycles. The summed E-state index contributed by atoms with van der Waals surface area (Å²) in [6, 6.07) is 22.3. The lowest BCUT2D eigenvalue weighted by Gasteiger charge is -2.19. The summed E-state index contributed by atoms with van der Waals surface area (Å²) in [6.07, 6.45) is 3.47. The van der Waals surface area contributed by atoms with Gasteiger partial charge in [0.05, 0.1) is 37.4 Å². The Kier molecular flexibility index (Phi) is 8.90. The van der Waals surface area contributed by atoms with Crippen molar-refractivity contribution in [3.05, 3.63) is 129 Å². The van der Waals surface area contributed by atoms with E-state index < -0.39 is 11.6 Å². The van der Waals surface area contributed by atoms with Crippen LogP contribution in [0.1, 0.15) is 22.7 Å². The maximum Gasteiger partial charge on any atom is 0.309 e. The number of esters is 1. The molecule has 5 rings (SSSR count). The Morgan fingerprint density at radius 2 is 1.62 bits per heavy atom. The highest BCUT2D eigenvalue weighted by Crippen LogP contribution is 2.28. The van der Waals surface area contributed by atoms with Crippen LogP contribution in [0, 0.1) is 0 Å². The molecule has 0 aliphatic heterocycles. The van der Waals surface area contributed by atoms with Crippen molar-refractivity contribution in [1.82, 2.24) is 24.5 Å². The molecule has 0 amide bonds. The Hall–Kier alpha value is -4.60. The topological polar surface area (TPSA) is 109 Å². The summed E-state index contributed by atoms with van der Waals surface area (Å²) >= 11 is 12.3. The third-order valence-electron chi connectivity index (χ3n) is 6.74. The third-order valence-corrected chi connectivity index (χ3v) is 7.15. The van der Waals surface area contributed by atoms with Crippen molar-refractivity contribution in [1.29, 1.82) is 0 Å². The van der Waals surface area contributed by atoms with Gasteiger partial charge in [-0.1, -0.05) is 83.0 Å². The summed E-state index contributed by atoms with van der Waals surface area (Å²) in [5, 5.41) is 8.49. The first kappa shape index (κ1) is 28.9. The minimum atomic E-state index is -0.802. The first-order valence-electron chi connectivity index (χ1n) is 13.0. The monoisotopic (exact) mass is 601 g/mol. The highest BCUT2D eigenvalue weighted by atomic mass is 35.5. The van der Waals surface area contributed by atoms with Gasteiger partial charge in [-0.3, -0.25) is 19.0 Å². The van der Waals surface area contributed by atoms with Gasteiger partial charge in [0.2, 0.25) is 0 Å². The van der Waals surface area contributed by atoms with Gasteiger partial charge in [0, 0.05) is 29.5 Å². The highest BCUT2D eigenvalue weighted by Gasteiger charge is 2.23. The molecule has 0 radical (unpaired) electrons. The van der Waals surface area contributed by atoms with Gasteiger partial charge in [-0.2, -0.15) is 0 Å². The number of halogens is 2. The van der Waals surface area contributed by atoms with E-state index in [9.17, 15) is 14.4 Å². The molecule has 0 aliphatic carbocycles. The van der Waals surface area contributed by atoms with Gasteiger partial charge in [0.15, 0.2) is 10.9 Å². The van der Waals surface area contributed by atoms with Crippen LogP contribution in [0.4, 0.5) is 0 Å². The number of carbonyl (C=O) groups excluding carboxylic acids is 2. The fraction of sp³-hybridized carbons (Fsp3) is 0.161. The zero-order chi connectivity index (χ0) is 29.6. The first-order chi connectivity index (χ1) is 20.3. The van der Waals surface area contributed by atoms with E-state index in [4.69, 9.17) is 27.9 Å². The van der Waals surface area contributed by atoms with E-state index in [2.05, 4.69) is 15.3 Å². The summed E-state index contributed by atoms with van der Waals surface area (Å²) in [7, 11) is 1.34. The molecular formula is C31H25Cl2N5O4. The summed E-state index contributed by atoms with van der Waals surface area (Å²) in [6.45, 7) is 0. The number of hydrogen-bond donors (Lipinski definition) is 0. The van der Waals surface area contributed by atoms with E-state index in [0.29, 0.717) is 28.4 Å². The molecular weight excluding hydrogens is 577 g/mol. The number of methoxy groups -OCH3 is 1. The molecule has 0 N–H and O–H groups in total. The number of hydrogen-bond acceptors (Lipinski definition) is 7. The zero-order valence-electron chi connectivity index (χ0n) is 22.5. The maximum absolute atomic E-state index is 13.7. The van der Waals surface area contributed by atoms with Gasteiger partial charge in [0.1, 0.15) is 6.04 Å². The lowest BCUT2D eigenvalue weighted by atomic mass is 9.96. The number of nitrogens with zero attached hydrogens (tertiary/aromatic N) is 5. The molecule has 0 bridgehead atoms. The van der Waals surface area contributed by atoms with Crippen LogP contribution in [0.2, 0.25) is 10.2 Å². The molecule has 9 nitrogen and oxygen atoms in total. The normalized spacial score (nSPS) is 11.7. The second-order valence-corrected chi connectivity index (χ2v) is 10.4. The van der Waals surface area contributed by atoms with E-state index in [1.54, 1.807) is 42.5 Å². The van der Waals surface area contributed by atoms with Gasteiger partial charge in [0.25, 0.3) is 5.56 Å². The van der Waals surface area contributed by atoms with Crippen LogP contribution in [0.3, 0.4) is 0 Å². The fourth-order valence-corrected chi connectivity index (χ4v) is 4.90. The van der Waals surface area contributed by atoms with Gasteiger partial charge in [-0.05, 0) is 34.9 Å². The van der Waals surface area contributed by atoms with Crippen molar-refractivity contribution < 1.29 is 14.3 Å². The Balaban J connectivity index is 1.47. The molecule has 2 aromatic heterocycles. The van der Waals surface area contributed by atoms with Gasteiger partial charge in [-0.15, -0.1) is 5.10 Å². The zero-order valence-corrected chi connectivity index (χ0v) is 24.0. The molecule has 0 saturated heterocycles. The lowest BCUT2D eigenvalue weighted by molar-refractivity contribution is -0.139. The molecule has 0 aliphatic rings. The molecule has 0 spiro atoms. The molecule has 3 aromatic carbocycles. The summed E-state index contributed by atoms with van der Waals surface area (Å²) < 4.78 is 7.55. The average molecular weight is 602 g/mol. The molecule has 1 atom stereocenters. The number of Topliss-reactive ketones (excluding diaryl/α,β-unsaturated/α-hetero) is 1. The van der Waals surface area contributed by atoms with E-state index in [0.717, 1.165) is 16.7 Å². The van der Waals surface area contributed by atoms with E-state index in [1.165, 1.54) is 34.9 Å². The predicted octanol–water partition coefficient (Wildman–Crippen LogP) is 5.11. The quantitative estimate of drug-likeness (QED) is 0.205. The number of ketones is 1. The van der Waals surface area contributed by atoms with Crippen LogP contribution < -0.4 is 5.56 Å². The van der Waals surface area contributed by atoms with Crippen LogP contribution in [0.25, 0.3) is 16.9 Å². The minimum Gasteiger partial charge on any atom is -0.469 e. The predicted molar refractivity (Wildman–Crippen MR) is 159 cm³/mol. The Bertz CT molecular complexity index is 1790. The highest BCUT2D eigenvalue weighted by molar-refractivity contribution is 6.31. The van der Waals surface area contributed by atoms with Crippen LogP contribution >= 0.6 is 23.2 Å². The molecule has 2 heterocycles. The van der Waals surface area contributed by atoms with E-state index in [-0.39, 0.29) is 29.7 Å². The summed E-state index contributed by atoms with van der Waals surface area (Å²) in [5.74, 6) is -0.496. The van der Waals surface area contributed by atoms with Gasteiger partial charge in [-0.25, -0.2) is 9.67 Å². The minimum absolute atomic E-state index is 0.0930. The third kappa shape index (κ3) is 6.82. The summed E-state index contributed by atoms with van der Waals surface area (Å²) in [5.41, 5.74) is 3.53. The van der Waals surface area contributed by atoms with Crippen LogP contribution in [-0.4, -0.2) is 43.4 Å². The van der Waals surface area contributed by atoms with Crippen molar-refractivity contribution in [3.8, 4) is 16.9 Å². The van der Waals surface area contributed by atoms with Crippen LogP contribution in [-0.2, 0) is 33.6 Å². The van der Waals surface area contributed by atoms with Gasteiger partial charge < -0.3 is 4.74 Å². The molecule has 212 valence electrons. The van der Waals surface area contributed by atoms with Gasteiger partial charge >= 0.3 is 5.97 Å². The molecule has 11 heteroatoms. The maximum atomic E-state index is 13.7. The SMILES string of the molecule is COC(=O)Cc1ccc(CC(=O)[C@H](Cc2ccccc2)n2cnc(-c3cc(Cl)ccc3-n3cc(Cl)nn3)cc2=O)cc1. The number of rotatable bonds is 10. The Morgan fingerprint density at radius 1 is 0.905 bits per heavy atom. The number of benzene rings is 3. The van der Waals surface area contributed by atoms with Crippen molar-refractivity contribution in [2.45, 2.75) is 25.3 Å². The lowest BCUT2D eigenvalue weighted by Crippen LogP contribution is -2.32. The second kappa shape index (κ2) is 12.9. The Labute approximate surface area is 251 Å². The molecule has 0 unspecified atom stereocenters. The first-order valence-corrected chi connectivity index (χ1v) is 13.7. The van der Waals surface area contributed by atoms with Crippen molar-refractivity contribution in [2.75, 3.05) is 7.11 Å². The van der Waals surface area contributed by atoms with E-state index in [1.807, 2.05) is 30.3 Å². The number of carbonyl (C=O) groups is 2. The van der Waals surface area contributed by atoms with Crippen molar-refractivity contribution in [2.24, 2.45) is 0 Å². The standard InChI is InChI=1S/C31H25Cl2N5O4/c1-42-31(41)15-22-9-7-21(8-10-22)14-28(39)27(13-20-5-3-2-4-6-20)37-19-34-25(17-30(37)40)24-16-23(32)11-12-26(24)38-18-29(33)35-36-38/h2-12,16-19,27H,13-15H2,1H3/t27-/m0/s1. The molecule has 42 heavy (non-hydrogen) atoms. The van der Waals surface area contributed by atoms with Crippen LogP contribution in [0.5, 0.6) is 0 Å². The number of aromatic nitrogens is 5. The van der Waals surface area contributed by atoms with Crippen molar-refractivity contribution >= 4 is 35.0 Å². The van der Waals surface area contributed by atoms with E-state index >= 15 is 0 Å².